The number of carbonyl (C=O) groups excluding carboxylic acids is 2. The van der Waals surface area contributed by atoms with E-state index in [9.17, 15) is 14.2 Å². The minimum atomic E-state index is -4.75. The molecule has 0 unspecified atom stereocenters. The van der Waals surface area contributed by atoms with Gasteiger partial charge in [-0.1, -0.05) is 141 Å². The normalized spacial score (nSPS) is 12.7. The van der Waals surface area contributed by atoms with Crippen molar-refractivity contribution in [2.45, 2.75) is 180 Å². The van der Waals surface area contributed by atoms with Crippen molar-refractivity contribution in [1.29, 1.82) is 0 Å². The zero-order valence-electron chi connectivity index (χ0n) is 28.8. The van der Waals surface area contributed by atoms with Crippen LogP contribution in [0, 0.1) is 0 Å². The fraction of sp³-hybridized carbons (Fsp3) is 0.833. The molecule has 0 saturated carbocycles. The lowest BCUT2D eigenvalue weighted by Crippen LogP contribution is -2.29. The average Bonchev–Trinajstić information content (AvgIpc) is 3.00. The van der Waals surface area contributed by atoms with Crippen LogP contribution in [0.3, 0.4) is 0 Å². The van der Waals surface area contributed by atoms with Crippen LogP contribution in [-0.2, 0) is 28.2 Å². The third-order valence-corrected chi connectivity index (χ3v) is 8.21. The van der Waals surface area contributed by atoms with Crippen molar-refractivity contribution in [3.05, 3.63) is 24.3 Å². The second-order valence-corrected chi connectivity index (χ2v) is 13.4. The summed E-state index contributed by atoms with van der Waals surface area (Å²) in [5, 5.41) is 0. The summed E-state index contributed by atoms with van der Waals surface area (Å²) in [4.78, 5) is 42.6. The monoisotopic (exact) mass is 658 g/mol. The molecule has 0 aliphatic rings. The molecule has 0 aromatic rings. The first-order valence-corrected chi connectivity index (χ1v) is 19.7. The molecule has 264 valence electrons. The molecule has 45 heavy (non-hydrogen) atoms. The first-order valence-electron chi connectivity index (χ1n) is 18.1. The van der Waals surface area contributed by atoms with Gasteiger partial charge in [0.1, 0.15) is 6.61 Å². The van der Waals surface area contributed by atoms with Gasteiger partial charge in [-0.15, -0.1) is 0 Å². The molecule has 0 bridgehead atoms. The summed E-state index contributed by atoms with van der Waals surface area (Å²) in [6, 6.07) is 0. The van der Waals surface area contributed by atoms with Crippen molar-refractivity contribution in [1.82, 2.24) is 0 Å². The number of hydrogen-bond donors (Lipinski definition) is 2. The molecule has 0 radical (unpaired) electrons. The standard InChI is InChI=1S/C36H67O8P/c1-3-5-7-9-11-13-15-17-18-19-21-22-24-26-28-30-35(37)42-32-34(33-43-45(39,40)41)44-36(38)31-29-27-25-23-20-16-14-12-10-8-6-4-2/h11,13,17-18,34H,3-10,12,14-16,19-33H2,1-2H3,(H2,39,40,41)/b13-11-,18-17-/t34-/m1/s1. The number of phosphoric acid groups is 1. The Morgan fingerprint density at radius 3 is 1.51 bits per heavy atom. The van der Waals surface area contributed by atoms with E-state index in [1.54, 1.807) is 0 Å². The molecule has 0 saturated heterocycles. The second kappa shape index (κ2) is 32.5. The lowest BCUT2D eigenvalue weighted by Gasteiger charge is -2.18. The number of hydrogen-bond acceptors (Lipinski definition) is 6. The van der Waals surface area contributed by atoms with Crippen molar-refractivity contribution in [3.8, 4) is 0 Å². The van der Waals surface area contributed by atoms with Gasteiger partial charge in [-0.3, -0.25) is 14.1 Å². The molecule has 8 nitrogen and oxygen atoms in total. The molecule has 9 heteroatoms. The molecular formula is C36H67O8P. The van der Waals surface area contributed by atoms with Gasteiger partial charge in [-0.25, -0.2) is 4.57 Å². The van der Waals surface area contributed by atoms with Crippen LogP contribution < -0.4 is 0 Å². The van der Waals surface area contributed by atoms with Gasteiger partial charge in [-0.05, 0) is 44.9 Å². The zero-order valence-corrected chi connectivity index (χ0v) is 29.7. The van der Waals surface area contributed by atoms with Gasteiger partial charge >= 0.3 is 19.8 Å². The number of ether oxygens (including phenoxy) is 2. The third kappa shape index (κ3) is 35.2. The molecule has 2 N–H and O–H groups in total. The van der Waals surface area contributed by atoms with Crippen LogP contribution in [0.1, 0.15) is 174 Å². The Hall–Kier alpha value is -1.47. The zero-order chi connectivity index (χ0) is 33.3. The lowest BCUT2D eigenvalue weighted by molar-refractivity contribution is -0.161. The van der Waals surface area contributed by atoms with E-state index in [-0.39, 0.29) is 19.4 Å². The molecular weight excluding hydrogens is 591 g/mol. The van der Waals surface area contributed by atoms with Gasteiger partial charge < -0.3 is 19.3 Å². The topological polar surface area (TPSA) is 119 Å². The van der Waals surface area contributed by atoms with Crippen LogP contribution in [-0.4, -0.2) is 41.0 Å². The van der Waals surface area contributed by atoms with Gasteiger partial charge in [0.25, 0.3) is 0 Å². The van der Waals surface area contributed by atoms with Crippen LogP contribution in [0.25, 0.3) is 0 Å². The number of unbranched alkanes of at least 4 members (excludes halogenated alkanes) is 19. The van der Waals surface area contributed by atoms with Crippen molar-refractivity contribution < 1.29 is 37.9 Å². The summed E-state index contributed by atoms with van der Waals surface area (Å²) in [5.74, 6) is -0.898. The molecule has 0 amide bonds. The molecule has 0 heterocycles. The van der Waals surface area contributed by atoms with Crippen molar-refractivity contribution in [2.75, 3.05) is 13.2 Å². The fourth-order valence-corrected chi connectivity index (χ4v) is 5.35. The summed E-state index contributed by atoms with van der Waals surface area (Å²) >= 11 is 0. The summed E-state index contributed by atoms with van der Waals surface area (Å²) < 4.78 is 26.2. The first kappa shape index (κ1) is 43.5. The molecule has 0 fully saturated rings. The third-order valence-electron chi connectivity index (χ3n) is 7.72. The van der Waals surface area contributed by atoms with Crippen LogP contribution in [0.4, 0.5) is 0 Å². The van der Waals surface area contributed by atoms with E-state index in [0.29, 0.717) is 12.8 Å². The maximum Gasteiger partial charge on any atom is 0.469 e. The highest BCUT2D eigenvalue weighted by molar-refractivity contribution is 7.46. The van der Waals surface area contributed by atoms with Gasteiger partial charge in [0.15, 0.2) is 6.10 Å². The van der Waals surface area contributed by atoms with Gasteiger partial charge in [0, 0.05) is 12.8 Å². The van der Waals surface area contributed by atoms with Gasteiger partial charge in [-0.2, -0.15) is 0 Å². The van der Waals surface area contributed by atoms with Gasteiger partial charge in [0.2, 0.25) is 0 Å². The molecule has 0 rings (SSSR count). The molecule has 0 aliphatic heterocycles. The first-order chi connectivity index (χ1) is 21.8. The van der Waals surface area contributed by atoms with E-state index < -0.39 is 32.5 Å². The largest absolute Gasteiger partial charge is 0.469 e. The maximum atomic E-state index is 12.3. The number of rotatable bonds is 33. The molecule has 0 spiro atoms. The van der Waals surface area contributed by atoms with E-state index in [0.717, 1.165) is 57.8 Å². The Kier molecular flexibility index (Phi) is 31.4. The molecule has 0 aromatic heterocycles. The van der Waals surface area contributed by atoms with E-state index >= 15 is 0 Å². The van der Waals surface area contributed by atoms with E-state index in [1.807, 2.05) is 0 Å². The Bertz CT molecular complexity index is 792. The SMILES string of the molecule is CCCCC/C=C\C/C=C\CCCCCCCC(=O)OC[C@H](COP(=O)(O)O)OC(=O)CCCCCCCCCCCCCC. The number of carbonyl (C=O) groups is 2. The Labute approximate surface area is 275 Å². The highest BCUT2D eigenvalue weighted by Crippen LogP contribution is 2.36. The fourth-order valence-electron chi connectivity index (χ4n) is 4.99. The van der Waals surface area contributed by atoms with Crippen molar-refractivity contribution in [2.24, 2.45) is 0 Å². The molecule has 0 aliphatic carbocycles. The smallest absolute Gasteiger partial charge is 0.462 e. The van der Waals surface area contributed by atoms with Crippen LogP contribution in [0.2, 0.25) is 0 Å². The van der Waals surface area contributed by atoms with Crippen molar-refractivity contribution in [3.63, 3.8) is 0 Å². The highest BCUT2D eigenvalue weighted by atomic mass is 31.2. The van der Waals surface area contributed by atoms with E-state index in [4.69, 9.17) is 19.3 Å². The number of phosphoric ester groups is 1. The Morgan fingerprint density at radius 1 is 0.578 bits per heavy atom. The Morgan fingerprint density at radius 2 is 1.00 bits per heavy atom. The van der Waals surface area contributed by atoms with Crippen molar-refractivity contribution >= 4 is 19.8 Å². The summed E-state index contributed by atoms with van der Waals surface area (Å²) in [6.07, 6.45) is 34.7. The predicted octanol–water partition coefficient (Wildman–Crippen LogP) is 10.5. The van der Waals surface area contributed by atoms with Gasteiger partial charge in [0.05, 0.1) is 6.61 Å². The lowest BCUT2D eigenvalue weighted by atomic mass is 10.0. The van der Waals surface area contributed by atoms with E-state index in [1.165, 1.54) is 77.0 Å². The summed E-state index contributed by atoms with van der Waals surface area (Å²) in [7, 11) is -4.75. The average molecular weight is 659 g/mol. The van der Waals surface area contributed by atoms with Crippen LogP contribution in [0.5, 0.6) is 0 Å². The predicted molar refractivity (Wildman–Crippen MR) is 184 cm³/mol. The maximum absolute atomic E-state index is 12.3. The number of allylic oxidation sites excluding steroid dienone is 4. The van der Waals surface area contributed by atoms with E-state index in [2.05, 4.69) is 42.7 Å². The highest BCUT2D eigenvalue weighted by Gasteiger charge is 2.22. The minimum Gasteiger partial charge on any atom is -0.462 e. The summed E-state index contributed by atoms with van der Waals surface area (Å²) in [5.41, 5.74) is 0. The second-order valence-electron chi connectivity index (χ2n) is 12.2. The van der Waals surface area contributed by atoms with Crippen LogP contribution in [0.15, 0.2) is 24.3 Å². The quantitative estimate of drug-likeness (QED) is 0.0309. The van der Waals surface area contributed by atoms with Crippen LogP contribution >= 0.6 is 7.82 Å². The Balaban J connectivity index is 3.99. The molecule has 0 aromatic carbocycles. The minimum absolute atomic E-state index is 0.212. The molecule has 1 atom stereocenters. The number of esters is 2. The summed E-state index contributed by atoms with van der Waals surface area (Å²) in [6.45, 7) is 3.63.